The molecule has 1 N–H and O–H groups in total. The number of fused-ring (bicyclic) bond motifs is 1. The summed E-state index contributed by atoms with van der Waals surface area (Å²) in [7, 11) is 2.80. The first-order valence-electron chi connectivity index (χ1n) is 12.5. The second-order valence-electron chi connectivity index (χ2n) is 10.8. The zero-order valence-corrected chi connectivity index (χ0v) is 22.3. The average molecular weight is 518 g/mol. The van der Waals surface area contributed by atoms with Gasteiger partial charge in [0.25, 0.3) is 5.91 Å². The van der Waals surface area contributed by atoms with Gasteiger partial charge >= 0.3 is 5.97 Å². The van der Waals surface area contributed by atoms with Crippen molar-refractivity contribution in [2.24, 2.45) is 17.8 Å². The minimum absolute atomic E-state index is 0.0631. The topological polar surface area (TPSA) is 129 Å². The van der Waals surface area contributed by atoms with Crippen LogP contribution in [-0.4, -0.2) is 83.9 Å². The molecule has 10 nitrogen and oxygen atoms in total. The molecule has 0 aromatic rings. The van der Waals surface area contributed by atoms with Crippen molar-refractivity contribution in [1.82, 2.24) is 4.90 Å². The Kier molecular flexibility index (Phi) is 6.98. The molecular formula is C27H35NO9. The van der Waals surface area contributed by atoms with Crippen LogP contribution in [0.4, 0.5) is 0 Å². The Morgan fingerprint density at radius 2 is 1.86 bits per heavy atom. The highest BCUT2D eigenvalue weighted by Crippen LogP contribution is 2.57. The Balaban J connectivity index is 1.62. The number of esters is 1. The lowest BCUT2D eigenvalue weighted by molar-refractivity contribution is -0.387. The van der Waals surface area contributed by atoms with E-state index in [1.807, 2.05) is 26.8 Å². The van der Waals surface area contributed by atoms with Crippen LogP contribution < -0.4 is 0 Å². The number of aliphatic hydroxyl groups is 1. The van der Waals surface area contributed by atoms with Crippen LogP contribution >= 0.6 is 0 Å². The van der Waals surface area contributed by atoms with Crippen LogP contribution in [0.5, 0.6) is 0 Å². The van der Waals surface area contributed by atoms with E-state index in [0.717, 1.165) is 5.57 Å². The van der Waals surface area contributed by atoms with Crippen molar-refractivity contribution in [2.75, 3.05) is 20.7 Å². The predicted octanol–water partition coefficient (Wildman–Crippen LogP) is 2.03. The summed E-state index contributed by atoms with van der Waals surface area (Å²) in [6.45, 7) is 9.05. The quantitative estimate of drug-likeness (QED) is 0.191. The SMILES string of the molecule is COC(=O)[C@H]1[C@@H](C)O[C@@]2(C)CC(=O)[C@@H]3O[C@@]12O[C@H]([C@H](C)/C=C(C)/C=C/C(O)=C1C(=O)CN(C)C1=O)[C@H]3C. The summed E-state index contributed by atoms with van der Waals surface area (Å²) in [6, 6.07) is 0. The molecule has 4 heterocycles. The minimum Gasteiger partial charge on any atom is -0.507 e. The molecule has 4 aliphatic rings. The molecule has 4 rings (SSSR count). The van der Waals surface area contributed by atoms with E-state index in [-0.39, 0.29) is 41.9 Å². The highest BCUT2D eigenvalue weighted by molar-refractivity contribution is 6.25. The molecule has 0 unspecified atom stereocenters. The number of hydrogen-bond donors (Lipinski definition) is 1. The molecule has 202 valence electrons. The van der Waals surface area contributed by atoms with E-state index in [0.29, 0.717) is 0 Å². The van der Waals surface area contributed by atoms with E-state index in [1.165, 1.54) is 25.1 Å². The molecule has 4 aliphatic heterocycles. The first kappa shape index (κ1) is 27.2. The predicted molar refractivity (Wildman–Crippen MR) is 130 cm³/mol. The van der Waals surface area contributed by atoms with Crippen molar-refractivity contribution in [3.63, 3.8) is 0 Å². The van der Waals surface area contributed by atoms with Gasteiger partial charge in [0.05, 0.1) is 25.9 Å². The number of carbonyl (C=O) groups excluding carboxylic acids is 4. The van der Waals surface area contributed by atoms with Gasteiger partial charge in [-0.05, 0) is 26.8 Å². The zero-order valence-electron chi connectivity index (χ0n) is 22.3. The number of hydrogen-bond acceptors (Lipinski definition) is 9. The fourth-order valence-electron chi connectivity index (χ4n) is 6.20. The van der Waals surface area contributed by atoms with Crippen LogP contribution in [0.2, 0.25) is 0 Å². The summed E-state index contributed by atoms with van der Waals surface area (Å²) in [6.07, 6.45) is 3.07. The number of carbonyl (C=O) groups is 4. The molecule has 0 aromatic carbocycles. The van der Waals surface area contributed by atoms with Crippen molar-refractivity contribution < 1.29 is 43.2 Å². The fraction of sp³-hybridized carbons (Fsp3) is 0.630. The van der Waals surface area contributed by atoms with Gasteiger partial charge in [-0.2, -0.15) is 0 Å². The minimum atomic E-state index is -1.47. The summed E-state index contributed by atoms with van der Waals surface area (Å²) in [5, 5.41) is 10.3. The fourth-order valence-corrected chi connectivity index (χ4v) is 6.20. The number of aliphatic hydroxyl groups excluding tert-OH is 1. The Hall–Kier alpha value is -2.82. The molecule has 4 saturated heterocycles. The monoisotopic (exact) mass is 517 g/mol. The maximum Gasteiger partial charge on any atom is 0.316 e. The third-order valence-corrected chi connectivity index (χ3v) is 7.98. The lowest BCUT2D eigenvalue weighted by Gasteiger charge is -2.56. The first-order chi connectivity index (χ1) is 17.3. The molecule has 0 saturated carbocycles. The van der Waals surface area contributed by atoms with Crippen molar-refractivity contribution in [3.8, 4) is 0 Å². The maximum absolute atomic E-state index is 13.1. The zero-order chi connectivity index (χ0) is 27.4. The lowest BCUT2D eigenvalue weighted by atomic mass is 9.73. The van der Waals surface area contributed by atoms with Crippen LogP contribution in [0, 0.1) is 17.8 Å². The van der Waals surface area contributed by atoms with Crippen molar-refractivity contribution in [3.05, 3.63) is 35.1 Å². The maximum atomic E-state index is 13.1. The molecule has 1 spiro atoms. The van der Waals surface area contributed by atoms with Gasteiger partial charge in [0.2, 0.25) is 5.79 Å². The largest absolute Gasteiger partial charge is 0.507 e. The van der Waals surface area contributed by atoms with E-state index in [2.05, 4.69) is 0 Å². The molecule has 0 aromatic heterocycles. The highest BCUT2D eigenvalue weighted by Gasteiger charge is 2.74. The molecule has 1 amide bonds. The van der Waals surface area contributed by atoms with Crippen LogP contribution in [0.25, 0.3) is 0 Å². The molecule has 2 bridgehead atoms. The molecule has 4 fully saturated rings. The van der Waals surface area contributed by atoms with Gasteiger partial charge in [-0.15, -0.1) is 0 Å². The van der Waals surface area contributed by atoms with Gasteiger partial charge in [-0.1, -0.05) is 31.6 Å². The summed E-state index contributed by atoms with van der Waals surface area (Å²) >= 11 is 0. The van der Waals surface area contributed by atoms with Crippen LogP contribution in [0.3, 0.4) is 0 Å². The van der Waals surface area contributed by atoms with Gasteiger partial charge in [-0.3, -0.25) is 19.2 Å². The van der Waals surface area contributed by atoms with E-state index in [4.69, 9.17) is 18.9 Å². The number of likely N-dealkylation sites (N-methyl/N-ethyl adjacent to an activating group) is 1. The molecule has 0 aliphatic carbocycles. The number of ketones is 2. The second kappa shape index (κ2) is 9.49. The Bertz CT molecular complexity index is 1120. The number of ether oxygens (including phenoxy) is 4. The summed E-state index contributed by atoms with van der Waals surface area (Å²) < 4.78 is 24.1. The van der Waals surface area contributed by atoms with Crippen LogP contribution in [-0.2, 0) is 38.1 Å². The number of rotatable bonds is 5. The van der Waals surface area contributed by atoms with Gasteiger partial charge in [0, 0.05) is 25.3 Å². The van der Waals surface area contributed by atoms with Crippen LogP contribution in [0.15, 0.2) is 35.1 Å². The molecular weight excluding hydrogens is 482 g/mol. The summed E-state index contributed by atoms with van der Waals surface area (Å²) in [5.41, 5.74) is -0.637. The van der Waals surface area contributed by atoms with Crippen molar-refractivity contribution >= 4 is 23.4 Å². The van der Waals surface area contributed by atoms with Crippen molar-refractivity contribution in [1.29, 1.82) is 0 Å². The number of allylic oxidation sites excluding steroid dienone is 3. The van der Waals surface area contributed by atoms with E-state index in [9.17, 15) is 24.3 Å². The lowest BCUT2D eigenvalue weighted by Crippen LogP contribution is -2.71. The van der Waals surface area contributed by atoms with E-state index < -0.39 is 53.3 Å². The number of likely N-dealkylation sites (tertiary alicyclic amines) is 1. The van der Waals surface area contributed by atoms with Gasteiger partial charge in [0.15, 0.2) is 11.6 Å². The van der Waals surface area contributed by atoms with E-state index in [1.54, 1.807) is 19.9 Å². The van der Waals surface area contributed by atoms with Gasteiger partial charge in [0.1, 0.15) is 29.0 Å². The number of methoxy groups -OCH3 is 1. The Morgan fingerprint density at radius 3 is 2.46 bits per heavy atom. The third kappa shape index (κ3) is 4.24. The van der Waals surface area contributed by atoms with E-state index >= 15 is 0 Å². The third-order valence-electron chi connectivity index (χ3n) is 7.98. The van der Waals surface area contributed by atoms with Gasteiger partial charge < -0.3 is 29.0 Å². The van der Waals surface area contributed by atoms with Crippen LogP contribution in [0.1, 0.15) is 41.0 Å². The van der Waals surface area contributed by atoms with Gasteiger partial charge in [-0.25, -0.2) is 0 Å². The molecule has 8 atom stereocenters. The highest BCUT2D eigenvalue weighted by atomic mass is 16.8. The number of nitrogens with zero attached hydrogens (tertiary/aromatic N) is 1. The number of amides is 1. The normalized spacial score (nSPS) is 40.3. The Labute approximate surface area is 216 Å². The molecule has 37 heavy (non-hydrogen) atoms. The van der Waals surface area contributed by atoms with Crippen molar-refractivity contribution in [2.45, 2.75) is 70.7 Å². The average Bonchev–Trinajstić information content (AvgIpc) is 3.20. The molecule has 10 heteroatoms. The summed E-state index contributed by atoms with van der Waals surface area (Å²) in [5.74, 6) is -4.83. The summed E-state index contributed by atoms with van der Waals surface area (Å²) in [4.78, 5) is 51.3. The number of Topliss-reactive ketones (excluding diaryl/α,β-unsaturated/α-hetero) is 2. The second-order valence-corrected chi connectivity index (χ2v) is 10.8. The Morgan fingerprint density at radius 1 is 1.19 bits per heavy atom. The molecule has 0 radical (unpaired) electrons. The standard InChI is InChI=1S/C27H35NO9/c1-13(8-9-17(29)20-19(31)12-28(6)24(20)32)10-14(2)22-15(3)23-18(30)11-26(5)27(36-22,37-23)21(16(4)35-26)25(33)34-7/h8-10,14-16,21-23,29H,11-12H2,1-7H3/b9-8+,13-10+,20-17?/t14-,15-,16-,21-,22-,23-,26+,27+/m1/s1. The smallest absolute Gasteiger partial charge is 0.316 e. The first-order valence-corrected chi connectivity index (χ1v) is 12.5.